The molecular formula is C26H51N3O3. The molecule has 0 aromatic rings. The van der Waals surface area contributed by atoms with Crippen LogP contribution in [-0.2, 0) is 14.3 Å². The minimum atomic E-state index is -0.662. The third-order valence-corrected chi connectivity index (χ3v) is 5.99. The lowest BCUT2D eigenvalue weighted by Crippen LogP contribution is -2.37. The number of rotatable bonds is 22. The molecule has 6 heteroatoms. The molecule has 0 aromatic carbocycles. The predicted molar refractivity (Wildman–Crippen MR) is 134 cm³/mol. The van der Waals surface area contributed by atoms with Gasteiger partial charge in [0.2, 0.25) is 0 Å². The molecule has 6 nitrogen and oxygen atoms in total. The second kappa shape index (κ2) is 22.6. The summed E-state index contributed by atoms with van der Waals surface area (Å²) in [6, 6.07) is 0. The van der Waals surface area contributed by atoms with Crippen LogP contribution in [0.25, 0.3) is 0 Å². The van der Waals surface area contributed by atoms with Crippen molar-refractivity contribution in [2.75, 3.05) is 13.6 Å². The molecule has 0 saturated heterocycles. The first-order chi connectivity index (χ1) is 15.5. The van der Waals surface area contributed by atoms with Crippen LogP contribution in [0.2, 0.25) is 0 Å². The number of nitrogens with two attached hydrogens (primary N) is 1. The van der Waals surface area contributed by atoms with Crippen LogP contribution in [0, 0.1) is 5.41 Å². The summed E-state index contributed by atoms with van der Waals surface area (Å²) in [6.07, 6.45) is 25.2. The average molecular weight is 454 g/mol. The van der Waals surface area contributed by atoms with Crippen molar-refractivity contribution < 1.29 is 14.3 Å². The highest BCUT2D eigenvalue weighted by atomic mass is 16.6. The Bertz CT molecular complexity index is 483. The van der Waals surface area contributed by atoms with E-state index in [1.54, 1.807) is 0 Å². The van der Waals surface area contributed by atoms with Gasteiger partial charge in [-0.15, -0.1) is 0 Å². The second-order valence-corrected chi connectivity index (χ2v) is 9.20. The first-order valence-corrected chi connectivity index (χ1v) is 13.3. The minimum Gasteiger partial charge on any atom is -0.392 e. The van der Waals surface area contributed by atoms with Crippen molar-refractivity contribution in [1.82, 2.24) is 4.90 Å². The zero-order chi connectivity index (χ0) is 23.9. The molecule has 32 heavy (non-hydrogen) atoms. The minimum absolute atomic E-state index is 0.180. The maximum absolute atomic E-state index is 11.6. The van der Waals surface area contributed by atoms with Gasteiger partial charge in [-0.05, 0) is 6.42 Å². The van der Waals surface area contributed by atoms with E-state index in [0.717, 1.165) is 19.3 Å². The van der Waals surface area contributed by atoms with Crippen molar-refractivity contribution in [3.8, 4) is 0 Å². The van der Waals surface area contributed by atoms with Crippen LogP contribution in [0.4, 0.5) is 0 Å². The van der Waals surface area contributed by atoms with Gasteiger partial charge in [-0.25, -0.2) is 4.79 Å². The molecule has 0 aliphatic heterocycles. The quantitative estimate of drug-likeness (QED) is 0.0624. The van der Waals surface area contributed by atoms with Crippen LogP contribution in [0.3, 0.4) is 0 Å². The van der Waals surface area contributed by atoms with E-state index in [1.165, 1.54) is 115 Å². The number of unbranched alkanes of at least 4 members (excludes halogenated alkanes) is 18. The maximum Gasteiger partial charge on any atom is 0.333 e. The van der Waals surface area contributed by atoms with Crippen LogP contribution in [0.5, 0.6) is 0 Å². The zero-order valence-corrected chi connectivity index (χ0v) is 21.1. The van der Waals surface area contributed by atoms with Gasteiger partial charge in [0.1, 0.15) is 6.54 Å². The van der Waals surface area contributed by atoms with E-state index in [0.29, 0.717) is 0 Å². The summed E-state index contributed by atoms with van der Waals surface area (Å²) in [4.78, 5) is 24.4. The van der Waals surface area contributed by atoms with E-state index in [9.17, 15) is 9.59 Å². The molecule has 188 valence electrons. The van der Waals surface area contributed by atoms with Crippen LogP contribution < -0.4 is 5.73 Å². The van der Waals surface area contributed by atoms with E-state index in [4.69, 9.17) is 15.9 Å². The third kappa shape index (κ3) is 21.6. The number of hydrogen-bond acceptors (Lipinski definition) is 4. The summed E-state index contributed by atoms with van der Waals surface area (Å²) in [7, 11) is 1.51. The highest BCUT2D eigenvalue weighted by Gasteiger charge is 2.13. The third-order valence-electron chi connectivity index (χ3n) is 5.99. The molecule has 0 aromatic heterocycles. The maximum atomic E-state index is 11.6. The van der Waals surface area contributed by atoms with Crippen molar-refractivity contribution in [3.05, 3.63) is 0 Å². The number of carbonyl (C=O) groups is 2. The number of esters is 2. The van der Waals surface area contributed by atoms with Crippen LogP contribution >= 0.6 is 0 Å². The van der Waals surface area contributed by atoms with Crippen molar-refractivity contribution in [2.24, 2.45) is 5.73 Å². The summed E-state index contributed by atoms with van der Waals surface area (Å²) >= 11 is 0. The zero-order valence-electron chi connectivity index (χ0n) is 21.1. The SMILES string of the molecule is CCCCCCCCCCCCCCCCCCCCCC(=O)OC(=O)CN(C)C(=N)N. The highest BCUT2D eigenvalue weighted by Crippen LogP contribution is 2.14. The molecule has 0 aliphatic rings. The summed E-state index contributed by atoms with van der Waals surface area (Å²) in [5, 5.41) is 7.18. The largest absolute Gasteiger partial charge is 0.392 e. The fourth-order valence-electron chi connectivity index (χ4n) is 3.84. The molecule has 0 aliphatic carbocycles. The molecule has 0 atom stereocenters. The monoisotopic (exact) mass is 453 g/mol. The number of nitrogens with one attached hydrogen (secondary N) is 1. The van der Waals surface area contributed by atoms with Gasteiger partial charge in [-0.2, -0.15) is 0 Å². The smallest absolute Gasteiger partial charge is 0.333 e. The Labute approximate surface area is 197 Å². The number of likely N-dealkylation sites (N-methyl/N-ethyl adjacent to an activating group) is 1. The number of nitrogens with zero attached hydrogens (tertiary/aromatic N) is 1. The number of hydrogen-bond donors (Lipinski definition) is 2. The van der Waals surface area contributed by atoms with Crippen molar-refractivity contribution >= 4 is 17.9 Å². The summed E-state index contributed by atoms with van der Waals surface area (Å²) in [6.45, 7) is 2.09. The fraction of sp³-hybridized carbons (Fsp3) is 0.885. The first kappa shape index (κ1) is 30.4. The molecule has 0 spiro atoms. The average Bonchev–Trinajstić information content (AvgIpc) is 2.75. The van der Waals surface area contributed by atoms with Gasteiger partial charge in [0.25, 0.3) is 0 Å². The van der Waals surface area contributed by atoms with Gasteiger partial charge in [0.05, 0.1) is 0 Å². The lowest BCUT2D eigenvalue weighted by Gasteiger charge is -2.14. The standard InChI is InChI=1S/C26H51N3O3/c1-3-4-5-6-7-8-9-10-11-12-13-14-15-16-17-18-19-20-21-22-24(30)32-25(31)23-29(2)26(27)28/h3-23H2,1-2H3,(H3,27,28). The fourth-order valence-corrected chi connectivity index (χ4v) is 3.84. The van der Waals surface area contributed by atoms with E-state index in [-0.39, 0.29) is 18.9 Å². The van der Waals surface area contributed by atoms with Gasteiger partial charge < -0.3 is 15.4 Å². The predicted octanol–water partition coefficient (Wildman–Crippen LogP) is 6.70. The van der Waals surface area contributed by atoms with Gasteiger partial charge in [0.15, 0.2) is 5.96 Å². The normalized spacial score (nSPS) is 10.8. The Morgan fingerprint density at radius 3 is 1.34 bits per heavy atom. The number of guanidine groups is 1. The molecule has 0 radical (unpaired) electrons. The van der Waals surface area contributed by atoms with E-state index in [1.807, 2.05) is 0 Å². The van der Waals surface area contributed by atoms with Crippen LogP contribution in [0.1, 0.15) is 135 Å². The Balaban J connectivity index is 3.27. The number of ether oxygens (including phenoxy) is 1. The molecule has 0 heterocycles. The summed E-state index contributed by atoms with van der Waals surface area (Å²) in [5.74, 6) is -1.38. The Kier molecular flexibility index (Phi) is 21.5. The van der Waals surface area contributed by atoms with Crippen LogP contribution in [0.15, 0.2) is 0 Å². The molecule has 3 N–H and O–H groups in total. The number of carbonyl (C=O) groups excluding carboxylic acids is 2. The lowest BCUT2D eigenvalue weighted by molar-refractivity contribution is -0.159. The molecule has 0 unspecified atom stereocenters. The summed E-state index contributed by atoms with van der Waals surface area (Å²) < 4.78 is 4.74. The Hall–Kier alpha value is -1.59. The van der Waals surface area contributed by atoms with E-state index < -0.39 is 11.9 Å². The first-order valence-electron chi connectivity index (χ1n) is 13.3. The van der Waals surface area contributed by atoms with Crippen molar-refractivity contribution in [3.63, 3.8) is 0 Å². The lowest BCUT2D eigenvalue weighted by atomic mass is 10.0. The second-order valence-electron chi connectivity index (χ2n) is 9.20. The highest BCUT2D eigenvalue weighted by molar-refractivity contribution is 5.88. The van der Waals surface area contributed by atoms with Gasteiger partial charge >= 0.3 is 11.9 Å². The Morgan fingerprint density at radius 1 is 0.656 bits per heavy atom. The molecule has 0 fully saturated rings. The molecule has 0 saturated carbocycles. The van der Waals surface area contributed by atoms with Gasteiger partial charge in [0, 0.05) is 13.5 Å². The topological polar surface area (TPSA) is 96.5 Å². The molecule has 0 bridgehead atoms. The summed E-state index contributed by atoms with van der Waals surface area (Å²) in [5.41, 5.74) is 5.24. The van der Waals surface area contributed by atoms with E-state index in [2.05, 4.69) is 6.92 Å². The van der Waals surface area contributed by atoms with Crippen LogP contribution in [-0.4, -0.2) is 36.4 Å². The van der Waals surface area contributed by atoms with E-state index >= 15 is 0 Å². The molecule has 0 amide bonds. The van der Waals surface area contributed by atoms with Crippen molar-refractivity contribution in [1.29, 1.82) is 5.41 Å². The van der Waals surface area contributed by atoms with Gasteiger partial charge in [-0.3, -0.25) is 10.2 Å². The molecule has 0 rings (SSSR count). The van der Waals surface area contributed by atoms with Crippen molar-refractivity contribution in [2.45, 2.75) is 135 Å². The van der Waals surface area contributed by atoms with Gasteiger partial charge in [-0.1, -0.05) is 122 Å². The molecular weight excluding hydrogens is 402 g/mol. The Morgan fingerprint density at radius 2 is 1.00 bits per heavy atom.